The summed E-state index contributed by atoms with van der Waals surface area (Å²) in [4.78, 5) is 46.8. The lowest BCUT2D eigenvalue weighted by molar-refractivity contribution is -0.145. The summed E-state index contributed by atoms with van der Waals surface area (Å²) in [5, 5.41) is 20.8. The Morgan fingerprint density at radius 1 is 1.15 bits per heavy atom. The molecular formula is C16H26N2O6S2. The van der Waals surface area contributed by atoms with Gasteiger partial charge in [0, 0.05) is 30.9 Å². The van der Waals surface area contributed by atoms with Crippen molar-refractivity contribution in [1.82, 2.24) is 10.2 Å². The number of likely N-dealkylation sites (N-methyl/N-ethyl adjacent to an activating group) is 1. The summed E-state index contributed by atoms with van der Waals surface area (Å²) in [6.45, 7) is -0.505. The average molecular weight is 407 g/mol. The van der Waals surface area contributed by atoms with Crippen LogP contribution in [-0.4, -0.2) is 69.5 Å². The first-order chi connectivity index (χ1) is 12.3. The number of hydrogen-bond donors (Lipinski definition) is 3. The maximum Gasteiger partial charge on any atom is 0.323 e. The second kappa shape index (κ2) is 12.1. The quantitative estimate of drug-likeness (QED) is 0.330. The zero-order chi connectivity index (χ0) is 19.5. The summed E-state index contributed by atoms with van der Waals surface area (Å²) in [6, 6.07) is -1.02. The molecule has 2 amide bonds. The summed E-state index contributed by atoms with van der Waals surface area (Å²) in [7, 11) is 5.09. The van der Waals surface area contributed by atoms with Crippen molar-refractivity contribution >= 4 is 45.3 Å². The summed E-state index contributed by atoms with van der Waals surface area (Å²) in [5.41, 5.74) is 0. The molecule has 0 aromatic heterocycles. The summed E-state index contributed by atoms with van der Waals surface area (Å²) in [5.74, 6) is -1.99. The predicted molar refractivity (Wildman–Crippen MR) is 101 cm³/mol. The molecule has 1 aliphatic heterocycles. The van der Waals surface area contributed by atoms with Gasteiger partial charge in [0.1, 0.15) is 12.6 Å². The number of hydrogen-bond acceptors (Lipinski definition) is 6. The minimum Gasteiger partial charge on any atom is -0.481 e. The van der Waals surface area contributed by atoms with Gasteiger partial charge in [0.15, 0.2) is 0 Å². The van der Waals surface area contributed by atoms with Crippen molar-refractivity contribution in [3.05, 3.63) is 0 Å². The van der Waals surface area contributed by atoms with E-state index in [1.807, 2.05) is 21.6 Å². The molecule has 10 heteroatoms. The molecule has 1 fully saturated rings. The minimum absolute atomic E-state index is 0.0696. The smallest absolute Gasteiger partial charge is 0.323 e. The van der Waals surface area contributed by atoms with E-state index in [2.05, 4.69) is 5.32 Å². The van der Waals surface area contributed by atoms with Gasteiger partial charge in [-0.2, -0.15) is 0 Å². The van der Waals surface area contributed by atoms with Gasteiger partial charge in [-0.25, -0.2) is 0 Å². The standard InChI is InChI=1S/C16H26N2O6S2/c1-18(10-15(22)23)16(24)12(6-7-14(20)21)17-13(19)5-3-2-4-11-8-9-25-26-11/h11-12H,2-10H2,1H3,(H,17,19)(H,20,21)(H,22,23). The average Bonchev–Trinajstić information content (AvgIpc) is 3.07. The van der Waals surface area contributed by atoms with Crippen LogP contribution in [0.4, 0.5) is 0 Å². The zero-order valence-corrected chi connectivity index (χ0v) is 16.4. The van der Waals surface area contributed by atoms with Crippen LogP contribution in [0.15, 0.2) is 0 Å². The molecule has 1 rings (SSSR count). The second-order valence-electron chi connectivity index (χ2n) is 6.22. The Morgan fingerprint density at radius 3 is 2.46 bits per heavy atom. The Balaban J connectivity index is 2.43. The highest BCUT2D eigenvalue weighted by Crippen LogP contribution is 2.39. The fourth-order valence-corrected chi connectivity index (χ4v) is 5.59. The number of carboxylic acids is 2. The largest absolute Gasteiger partial charge is 0.481 e. The fraction of sp³-hybridized carbons (Fsp3) is 0.750. The monoisotopic (exact) mass is 406 g/mol. The zero-order valence-electron chi connectivity index (χ0n) is 14.8. The number of aliphatic carboxylic acids is 2. The number of carboxylic acid groups (broad SMARTS) is 2. The van der Waals surface area contributed by atoms with Crippen molar-refractivity contribution < 1.29 is 29.4 Å². The molecule has 0 saturated carbocycles. The molecule has 1 saturated heterocycles. The molecule has 0 radical (unpaired) electrons. The highest BCUT2D eigenvalue weighted by Gasteiger charge is 2.25. The lowest BCUT2D eigenvalue weighted by Crippen LogP contribution is -2.48. The third-order valence-electron chi connectivity index (χ3n) is 3.94. The molecule has 148 valence electrons. The molecule has 2 unspecified atom stereocenters. The third kappa shape index (κ3) is 9.33. The van der Waals surface area contributed by atoms with Crippen LogP contribution in [0.5, 0.6) is 0 Å². The maximum atomic E-state index is 12.3. The molecule has 26 heavy (non-hydrogen) atoms. The molecular weight excluding hydrogens is 380 g/mol. The topological polar surface area (TPSA) is 124 Å². The van der Waals surface area contributed by atoms with Gasteiger partial charge in [0.25, 0.3) is 0 Å². The number of nitrogens with zero attached hydrogens (tertiary/aromatic N) is 1. The SMILES string of the molecule is CN(CC(=O)O)C(=O)C(CCC(=O)O)NC(=O)CCCCC1CCSS1. The van der Waals surface area contributed by atoms with Crippen molar-refractivity contribution in [2.24, 2.45) is 0 Å². The van der Waals surface area contributed by atoms with Gasteiger partial charge in [-0.3, -0.25) is 19.2 Å². The van der Waals surface area contributed by atoms with E-state index in [1.165, 1.54) is 19.2 Å². The van der Waals surface area contributed by atoms with Crippen molar-refractivity contribution in [1.29, 1.82) is 0 Å². The Labute approximate surface area is 160 Å². The van der Waals surface area contributed by atoms with E-state index in [9.17, 15) is 19.2 Å². The molecule has 0 aromatic rings. The van der Waals surface area contributed by atoms with E-state index < -0.39 is 30.4 Å². The molecule has 3 N–H and O–H groups in total. The van der Waals surface area contributed by atoms with Crippen LogP contribution in [0.3, 0.4) is 0 Å². The molecule has 0 aliphatic carbocycles. The maximum absolute atomic E-state index is 12.3. The van der Waals surface area contributed by atoms with E-state index in [0.29, 0.717) is 11.7 Å². The van der Waals surface area contributed by atoms with E-state index in [0.717, 1.165) is 17.7 Å². The lowest BCUT2D eigenvalue weighted by atomic mass is 10.1. The molecule has 8 nitrogen and oxygen atoms in total. The fourth-order valence-electron chi connectivity index (χ4n) is 2.56. The number of amides is 2. The first-order valence-corrected chi connectivity index (χ1v) is 10.9. The van der Waals surface area contributed by atoms with Gasteiger partial charge in [0.05, 0.1) is 0 Å². The molecule has 0 bridgehead atoms. The normalized spacial score (nSPS) is 17.5. The molecule has 2 atom stereocenters. The van der Waals surface area contributed by atoms with Crippen molar-refractivity contribution in [3.63, 3.8) is 0 Å². The van der Waals surface area contributed by atoms with E-state index >= 15 is 0 Å². The molecule has 1 heterocycles. The Morgan fingerprint density at radius 2 is 1.88 bits per heavy atom. The van der Waals surface area contributed by atoms with Crippen molar-refractivity contribution in [2.75, 3.05) is 19.3 Å². The highest BCUT2D eigenvalue weighted by atomic mass is 33.1. The van der Waals surface area contributed by atoms with Crippen LogP contribution in [0.25, 0.3) is 0 Å². The Hall–Kier alpha value is -1.42. The van der Waals surface area contributed by atoms with Gasteiger partial charge in [0.2, 0.25) is 11.8 Å². The number of nitrogens with one attached hydrogen (secondary N) is 1. The van der Waals surface area contributed by atoms with Crippen LogP contribution in [-0.2, 0) is 19.2 Å². The number of carbonyl (C=O) groups is 4. The van der Waals surface area contributed by atoms with Crippen LogP contribution >= 0.6 is 21.6 Å². The highest BCUT2D eigenvalue weighted by molar-refractivity contribution is 8.77. The van der Waals surface area contributed by atoms with Crippen LogP contribution in [0, 0.1) is 0 Å². The first-order valence-electron chi connectivity index (χ1n) is 8.55. The van der Waals surface area contributed by atoms with E-state index in [-0.39, 0.29) is 25.2 Å². The second-order valence-corrected chi connectivity index (χ2v) is 9.00. The first kappa shape index (κ1) is 22.6. The van der Waals surface area contributed by atoms with Crippen LogP contribution in [0.1, 0.15) is 44.9 Å². The van der Waals surface area contributed by atoms with Crippen molar-refractivity contribution in [2.45, 2.75) is 56.2 Å². The van der Waals surface area contributed by atoms with Gasteiger partial charge in [-0.1, -0.05) is 28.0 Å². The summed E-state index contributed by atoms with van der Waals surface area (Å²) >= 11 is 0. The van der Waals surface area contributed by atoms with Crippen LogP contribution < -0.4 is 5.32 Å². The van der Waals surface area contributed by atoms with Crippen molar-refractivity contribution in [3.8, 4) is 0 Å². The minimum atomic E-state index is -1.17. The number of carbonyl (C=O) groups excluding carboxylic acids is 2. The Bertz CT molecular complexity index is 511. The van der Waals surface area contributed by atoms with Gasteiger partial charge < -0.3 is 20.4 Å². The Kier molecular flexibility index (Phi) is 10.5. The third-order valence-corrected chi connectivity index (χ3v) is 6.94. The van der Waals surface area contributed by atoms with E-state index in [1.54, 1.807) is 0 Å². The molecule has 1 aliphatic rings. The predicted octanol–water partition coefficient (Wildman–Crippen LogP) is 1.59. The summed E-state index contributed by atoms with van der Waals surface area (Å²) < 4.78 is 0. The van der Waals surface area contributed by atoms with Crippen LogP contribution in [0.2, 0.25) is 0 Å². The molecule has 0 spiro atoms. The number of unbranched alkanes of at least 4 members (excludes halogenated alkanes) is 1. The number of rotatable bonds is 12. The van der Waals surface area contributed by atoms with Gasteiger partial charge >= 0.3 is 11.9 Å². The van der Waals surface area contributed by atoms with E-state index in [4.69, 9.17) is 10.2 Å². The molecule has 0 aromatic carbocycles. The van der Waals surface area contributed by atoms with Gasteiger partial charge in [-0.05, 0) is 25.7 Å². The van der Waals surface area contributed by atoms with Gasteiger partial charge in [-0.15, -0.1) is 0 Å². The lowest BCUT2D eigenvalue weighted by Gasteiger charge is -2.23. The summed E-state index contributed by atoms with van der Waals surface area (Å²) in [6.07, 6.45) is 3.81.